The number of amides is 1. The van der Waals surface area contributed by atoms with Gasteiger partial charge in [-0.2, -0.15) is 0 Å². The van der Waals surface area contributed by atoms with Gasteiger partial charge in [-0.25, -0.2) is 0 Å². The van der Waals surface area contributed by atoms with E-state index < -0.39 is 0 Å². The van der Waals surface area contributed by atoms with Crippen LogP contribution in [0.1, 0.15) is 32.1 Å². The standard InChI is InChI=1S/C23H21N3O2S/c1-15-5-7-17(8-6-15)13-24-22(27)19-12-20-21(25-16(19)2)9-10-26(23(20)28)14-18-4-3-11-29-18/h3-12H,13-14H2,1-2H3,(H,24,27). The van der Waals surface area contributed by atoms with Crippen molar-refractivity contribution in [3.8, 4) is 0 Å². The summed E-state index contributed by atoms with van der Waals surface area (Å²) >= 11 is 1.61. The number of rotatable bonds is 5. The molecule has 0 radical (unpaired) electrons. The van der Waals surface area contributed by atoms with E-state index in [9.17, 15) is 9.59 Å². The number of hydrogen-bond donors (Lipinski definition) is 1. The molecular formula is C23H21N3O2S. The van der Waals surface area contributed by atoms with E-state index in [-0.39, 0.29) is 11.5 Å². The molecule has 4 rings (SSSR count). The van der Waals surface area contributed by atoms with E-state index in [1.807, 2.05) is 54.8 Å². The van der Waals surface area contributed by atoms with Gasteiger partial charge in [0.1, 0.15) is 0 Å². The molecule has 1 aromatic carbocycles. The van der Waals surface area contributed by atoms with Gasteiger partial charge in [-0.3, -0.25) is 14.6 Å². The molecule has 1 amide bonds. The van der Waals surface area contributed by atoms with E-state index in [1.165, 1.54) is 5.56 Å². The van der Waals surface area contributed by atoms with Gasteiger partial charge in [-0.1, -0.05) is 35.9 Å². The van der Waals surface area contributed by atoms with Gasteiger partial charge in [-0.15, -0.1) is 11.3 Å². The number of aromatic nitrogens is 2. The van der Waals surface area contributed by atoms with Crippen LogP contribution in [-0.2, 0) is 13.1 Å². The van der Waals surface area contributed by atoms with Crippen molar-refractivity contribution in [1.29, 1.82) is 0 Å². The number of aryl methyl sites for hydroxylation is 2. The molecule has 3 aromatic heterocycles. The van der Waals surface area contributed by atoms with E-state index in [4.69, 9.17) is 0 Å². The van der Waals surface area contributed by atoms with Crippen LogP contribution in [0, 0.1) is 13.8 Å². The summed E-state index contributed by atoms with van der Waals surface area (Å²) < 4.78 is 1.65. The second kappa shape index (κ2) is 8.01. The summed E-state index contributed by atoms with van der Waals surface area (Å²) in [6, 6.07) is 15.5. The Morgan fingerprint density at radius 2 is 1.93 bits per heavy atom. The lowest BCUT2D eigenvalue weighted by Crippen LogP contribution is -2.25. The zero-order valence-corrected chi connectivity index (χ0v) is 17.1. The summed E-state index contributed by atoms with van der Waals surface area (Å²) in [6.45, 7) is 4.75. The molecule has 146 valence electrons. The van der Waals surface area contributed by atoms with Crippen LogP contribution in [0.4, 0.5) is 0 Å². The Morgan fingerprint density at radius 3 is 2.66 bits per heavy atom. The Hall–Kier alpha value is -3.25. The van der Waals surface area contributed by atoms with Crippen molar-refractivity contribution in [2.75, 3.05) is 0 Å². The first kappa shape index (κ1) is 19.1. The summed E-state index contributed by atoms with van der Waals surface area (Å²) in [7, 11) is 0. The number of pyridine rings is 2. The van der Waals surface area contributed by atoms with Crippen LogP contribution >= 0.6 is 11.3 Å². The van der Waals surface area contributed by atoms with Gasteiger partial charge in [0.15, 0.2) is 0 Å². The average molecular weight is 404 g/mol. The molecule has 1 N–H and O–H groups in total. The fourth-order valence-corrected chi connectivity index (χ4v) is 3.92. The lowest BCUT2D eigenvalue weighted by molar-refractivity contribution is 0.0950. The van der Waals surface area contributed by atoms with Gasteiger partial charge in [0.05, 0.1) is 28.7 Å². The summed E-state index contributed by atoms with van der Waals surface area (Å²) in [5.74, 6) is -0.231. The Kier molecular flexibility index (Phi) is 5.27. The highest BCUT2D eigenvalue weighted by molar-refractivity contribution is 7.09. The normalized spacial score (nSPS) is 11.0. The molecule has 0 unspecified atom stereocenters. The largest absolute Gasteiger partial charge is 0.348 e. The third-order valence-electron chi connectivity index (χ3n) is 4.87. The maximum atomic E-state index is 12.9. The summed E-state index contributed by atoms with van der Waals surface area (Å²) in [4.78, 5) is 31.3. The van der Waals surface area contributed by atoms with Gasteiger partial charge >= 0.3 is 0 Å². The van der Waals surface area contributed by atoms with Crippen LogP contribution in [0.2, 0.25) is 0 Å². The Balaban J connectivity index is 1.62. The minimum absolute atomic E-state index is 0.143. The molecule has 0 saturated carbocycles. The van der Waals surface area contributed by atoms with Crippen LogP contribution in [0.5, 0.6) is 0 Å². The van der Waals surface area contributed by atoms with Crippen molar-refractivity contribution < 1.29 is 4.79 Å². The molecule has 0 bridgehead atoms. The number of nitrogens with one attached hydrogen (secondary N) is 1. The number of benzene rings is 1. The first-order valence-electron chi connectivity index (χ1n) is 9.38. The summed E-state index contributed by atoms with van der Waals surface area (Å²) in [6.07, 6.45) is 1.76. The van der Waals surface area contributed by atoms with Crippen molar-refractivity contribution in [2.45, 2.75) is 26.9 Å². The van der Waals surface area contributed by atoms with E-state index in [0.717, 1.165) is 10.4 Å². The lowest BCUT2D eigenvalue weighted by Gasteiger charge is -2.10. The smallest absolute Gasteiger partial charge is 0.260 e. The highest BCUT2D eigenvalue weighted by Gasteiger charge is 2.14. The third kappa shape index (κ3) is 4.12. The van der Waals surface area contributed by atoms with Crippen molar-refractivity contribution in [2.24, 2.45) is 0 Å². The molecule has 0 spiro atoms. The van der Waals surface area contributed by atoms with Crippen molar-refractivity contribution in [3.63, 3.8) is 0 Å². The van der Waals surface area contributed by atoms with Crippen molar-refractivity contribution >= 4 is 28.1 Å². The van der Waals surface area contributed by atoms with Gasteiger partial charge < -0.3 is 9.88 Å². The fraction of sp³-hybridized carbons (Fsp3) is 0.174. The molecule has 3 heterocycles. The quantitative estimate of drug-likeness (QED) is 0.547. The lowest BCUT2D eigenvalue weighted by atomic mass is 10.1. The van der Waals surface area contributed by atoms with Crippen LogP contribution in [0.3, 0.4) is 0 Å². The Bertz CT molecular complexity index is 1230. The number of fused-ring (bicyclic) bond motifs is 1. The monoisotopic (exact) mass is 403 g/mol. The molecule has 0 saturated heterocycles. The number of carbonyl (C=O) groups excluding carboxylic acids is 1. The van der Waals surface area contributed by atoms with Gasteiger partial charge in [0.25, 0.3) is 11.5 Å². The predicted octanol–water partition coefficient (Wildman–Crippen LogP) is 4.05. The number of carbonyl (C=O) groups is 1. The molecule has 29 heavy (non-hydrogen) atoms. The second-order valence-electron chi connectivity index (χ2n) is 7.05. The maximum absolute atomic E-state index is 12.9. The molecule has 0 atom stereocenters. The minimum Gasteiger partial charge on any atom is -0.348 e. The number of nitrogens with zero attached hydrogens (tertiary/aromatic N) is 2. The van der Waals surface area contributed by atoms with E-state index in [1.54, 1.807) is 35.1 Å². The first-order valence-corrected chi connectivity index (χ1v) is 10.3. The molecule has 0 fully saturated rings. The maximum Gasteiger partial charge on any atom is 0.260 e. The van der Waals surface area contributed by atoms with E-state index in [0.29, 0.717) is 35.2 Å². The van der Waals surface area contributed by atoms with Crippen molar-refractivity contribution in [3.05, 3.63) is 97.7 Å². The predicted molar refractivity (Wildman–Crippen MR) is 117 cm³/mol. The Labute approximate surface area is 172 Å². The summed E-state index contributed by atoms with van der Waals surface area (Å²) in [5.41, 5.74) is 3.69. The molecule has 0 aliphatic heterocycles. The van der Waals surface area contributed by atoms with Crippen LogP contribution < -0.4 is 10.9 Å². The van der Waals surface area contributed by atoms with Gasteiger partial charge in [0, 0.05) is 17.6 Å². The molecule has 4 aromatic rings. The average Bonchev–Trinajstić information content (AvgIpc) is 3.22. The molecule has 5 nitrogen and oxygen atoms in total. The zero-order valence-electron chi connectivity index (χ0n) is 16.3. The topological polar surface area (TPSA) is 64.0 Å². The first-order chi connectivity index (χ1) is 14.0. The highest BCUT2D eigenvalue weighted by atomic mass is 32.1. The minimum atomic E-state index is -0.231. The van der Waals surface area contributed by atoms with E-state index >= 15 is 0 Å². The van der Waals surface area contributed by atoms with E-state index in [2.05, 4.69) is 10.3 Å². The molecular weight excluding hydrogens is 382 g/mol. The van der Waals surface area contributed by atoms with Gasteiger partial charge in [0.2, 0.25) is 0 Å². The summed E-state index contributed by atoms with van der Waals surface area (Å²) in [5, 5.41) is 5.37. The second-order valence-corrected chi connectivity index (χ2v) is 8.08. The van der Waals surface area contributed by atoms with Gasteiger partial charge in [-0.05, 0) is 43.0 Å². The van der Waals surface area contributed by atoms with Crippen LogP contribution in [0.25, 0.3) is 10.9 Å². The zero-order chi connectivity index (χ0) is 20.4. The molecule has 6 heteroatoms. The molecule has 0 aliphatic carbocycles. The Morgan fingerprint density at radius 1 is 1.14 bits per heavy atom. The third-order valence-corrected chi connectivity index (χ3v) is 5.73. The van der Waals surface area contributed by atoms with Crippen molar-refractivity contribution in [1.82, 2.24) is 14.9 Å². The molecule has 0 aliphatic rings. The van der Waals surface area contributed by atoms with Crippen LogP contribution in [-0.4, -0.2) is 15.5 Å². The fourth-order valence-electron chi connectivity index (χ4n) is 3.21. The SMILES string of the molecule is Cc1ccc(CNC(=O)c2cc3c(=O)n(Cc4cccs4)ccc3nc2C)cc1. The van der Waals surface area contributed by atoms with Crippen LogP contribution in [0.15, 0.2) is 64.9 Å². The number of thiophene rings is 1. The number of hydrogen-bond acceptors (Lipinski definition) is 4. The highest BCUT2D eigenvalue weighted by Crippen LogP contribution is 2.15.